The van der Waals surface area contributed by atoms with Gasteiger partial charge in [-0.25, -0.2) is 0 Å². The van der Waals surface area contributed by atoms with Crippen LogP contribution in [0.1, 0.15) is 34.3 Å². The Balaban J connectivity index is 0.884. The second kappa shape index (κ2) is 12.8. The van der Waals surface area contributed by atoms with Gasteiger partial charge in [-0.05, 0) is 47.7 Å². The highest BCUT2D eigenvalue weighted by atomic mass is 16.5. The van der Waals surface area contributed by atoms with Crippen LogP contribution in [0.3, 0.4) is 0 Å². The fourth-order valence-electron chi connectivity index (χ4n) is 8.14. The van der Waals surface area contributed by atoms with E-state index in [1.165, 1.54) is 4.90 Å². The molecule has 4 aliphatic heterocycles. The maximum absolute atomic E-state index is 13.2. The van der Waals surface area contributed by atoms with Gasteiger partial charge < -0.3 is 28.6 Å². The fourth-order valence-corrected chi connectivity index (χ4v) is 8.14. The Labute approximate surface area is 298 Å². The number of rotatable bonds is 9. The summed E-state index contributed by atoms with van der Waals surface area (Å²) in [5.41, 5.74) is 3.62. The topological polar surface area (TPSA) is 153 Å². The summed E-state index contributed by atoms with van der Waals surface area (Å²) < 4.78 is 19.2. The van der Waals surface area contributed by atoms with E-state index >= 15 is 0 Å². The summed E-state index contributed by atoms with van der Waals surface area (Å²) in [6.07, 6.45) is 5.53. The summed E-state index contributed by atoms with van der Waals surface area (Å²) in [4.78, 5) is 72.8. The summed E-state index contributed by atoms with van der Waals surface area (Å²) in [5, 5.41) is 3.65. The van der Waals surface area contributed by atoms with Gasteiger partial charge in [-0.2, -0.15) is 0 Å². The first-order chi connectivity index (χ1) is 25.1. The Hall–Kier alpha value is -5.76. The molecule has 6 heterocycles. The number of methoxy groups -OCH3 is 2. The molecule has 0 aliphatic carbocycles. The van der Waals surface area contributed by atoms with Crippen molar-refractivity contribution >= 4 is 34.4 Å². The van der Waals surface area contributed by atoms with Gasteiger partial charge in [0.2, 0.25) is 11.8 Å². The fraction of sp³-hybridized carbons (Fsp3) is 0.368. The van der Waals surface area contributed by atoms with E-state index in [9.17, 15) is 24.0 Å². The van der Waals surface area contributed by atoms with Crippen molar-refractivity contribution in [1.29, 1.82) is 0 Å². The second-order valence-electron chi connectivity index (χ2n) is 14.1. The summed E-state index contributed by atoms with van der Waals surface area (Å²) >= 11 is 0. The first kappa shape index (κ1) is 33.4. The van der Waals surface area contributed by atoms with E-state index in [2.05, 4.69) is 15.2 Å². The molecular formula is C38H38N6O8. The highest BCUT2D eigenvalue weighted by molar-refractivity contribution is 6.05. The van der Waals surface area contributed by atoms with E-state index in [-0.39, 0.29) is 54.7 Å². The number of likely N-dealkylation sites (tertiary alicyclic amines) is 2. The van der Waals surface area contributed by atoms with E-state index in [1.807, 2.05) is 24.4 Å². The van der Waals surface area contributed by atoms with Crippen LogP contribution >= 0.6 is 0 Å². The van der Waals surface area contributed by atoms with Gasteiger partial charge in [0, 0.05) is 86.9 Å². The molecule has 14 nitrogen and oxygen atoms in total. The van der Waals surface area contributed by atoms with Crippen molar-refractivity contribution < 1.29 is 33.4 Å². The summed E-state index contributed by atoms with van der Waals surface area (Å²) in [5.74, 6) is 0.572. The van der Waals surface area contributed by atoms with Gasteiger partial charge in [0.1, 0.15) is 23.3 Å². The molecule has 4 amide bonds. The van der Waals surface area contributed by atoms with Gasteiger partial charge in [-0.3, -0.25) is 39.2 Å². The van der Waals surface area contributed by atoms with Gasteiger partial charge in [0.05, 0.1) is 31.7 Å². The van der Waals surface area contributed by atoms with E-state index in [0.717, 1.165) is 35.2 Å². The first-order valence-electron chi connectivity index (χ1n) is 17.2. The van der Waals surface area contributed by atoms with Crippen LogP contribution in [0.5, 0.6) is 17.2 Å². The highest BCUT2D eigenvalue weighted by Gasteiger charge is 2.53. The number of ether oxygens (including phenoxy) is 3. The number of carbonyl (C=O) groups excluding carboxylic acids is 4. The van der Waals surface area contributed by atoms with Crippen molar-refractivity contribution in [3.05, 3.63) is 82.0 Å². The number of nitrogens with zero attached hydrogens (tertiary/aromatic N) is 5. The average molecular weight is 707 g/mol. The molecule has 2 aromatic carbocycles. The number of fused-ring (bicyclic) bond motifs is 2. The van der Waals surface area contributed by atoms with Crippen molar-refractivity contribution in [2.75, 3.05) is 47.0 Å². The van der Waals surface area contributed by atoms with Gasteiger partial charge in [0.15, 0.2) is 6.61 Å². The minimum absolute atomic E-state index is 0.0146. The number of carbonyl (C=O) groups is 4. The second-order valence-corrected chi connectivity index (χ2v) is 14.1. The molecule has 8 rings (SSSR count). The Bertz CT molecular complexity index is 2190. The van der Waals surface area contributed by atoms with Crippen molar-refractivity contribution in [3.63, 3.8) is 0 Å². The normalized spacial score (nSPS) is 19.3. The standard InChI is InChI=1S/C38H38N6O8/c1-41-14-26(23-9-10-39-13-25(23)36(41)48)22-11-31(50-2)28(32(12-22)51-3)15-42-18-38(19-42)20-43(21-38)34(46)17-52-30-6-4-5-24-27(30)16-44(37(24)49)29-7-8-33(45)40-35(29)47/h4-6,9-14,29H,7-8,15-21H2,1-3H3,(H,40,45,47). The lowest BCUT2D eigenvalue weighted by molar-refractivity contribution is -0.161. The monoisotopic (exact) mass is 706 g/mol. The molecule has 3 saturated heterocycles. The minimum Gasteiger partial charge on any atom is -0.496 e. The van der Waals surface area contributed by atoms with Crippen LogP contribution in [0.15, 0.2) is 59.8 Å². The zero-order valence-electron chi connectivity index (χ0n) is 29.1. The summed E-state index contributed by atoms with van der Waals surface area (Å²) in [6.45, 7) is 3.50. The van der Waals surface area contributed by atoms with Crippen molar-refractivity contribution in [3.8, 4) is 28.4 Å². The lowest BCUT2D eigenvalue weighted by Crippen LogP contribution is -2.72. The highest BCUT2D eigenvalue weighted by Crippen LogP contribution is 2.44. The average Bonchev–Trinajstić information content (AvgIpc) is 3.45. The maximum Gasteiger partial charge on any atom is 0.260 e. The number of amides is 4. The maximum atomic E-state index is 13.2. The Morgan fingerprint density at radius 2 is 1.71 bits per heavy atom. The largest absolute Gasteiger partial charge is 0.496 e. The van der Waals surface area contributed by atoms with Crippen LogP contribution in [-0.4, -0.2) is 101 Å². The van der Waals surface area contributed by atoms with Crippen LogP contribution in [0.4, 0.5) is 0 Å². The lowest BCUT2D eigenvalue weighted by atomic mass is 9.72. The zero-order valence-corrected chi connectivity index (χ0v) is 29.1. The number of benzene rings is 2. The van der Waals surface area contributed by atoms with Crippen LogP contribution in [0.25, 0.3) is 21.9 Å². The molecule has 1 spiro atoms. The SMILES string of the molecule is COc1cc(-c2cn(C)c(=O)c3cnccc23)cc(OC)c1CN1CC2(C1)CN(C(=O)COc1cccc3c1CN(C1CCC(=O)NC1=O)C3=O)C2. The quantitative estimate of drug-likeness (QED) is 0.256. The van der Waals surface area contributed by atoms with Crippen LogP contribution in [0, 0.1) is 5.41 Å². The predicted molar refractivity (Wildman–Crippen MR) is 188 cm³/mol. The lowest BCUT2D eigenvalue weighted by Gasteiger charge is -2.60. The van der Waals surface area contributed by atoms with Crippen LogP contribution < -0.4 is 25.1 Å². The van der Waals surface area contributed by atoms with E-state index in [0.29, 0.717) is 53.4 Å². The number of hydrogen-bond donors (Lipinski definition) is 1. The molecule has 0 bridgehead atoms. The molecular weight excluding hydrogens is 668 g/mol. The number of piperidine rings is 1. The van der Waals surface area contributed by atoms with Crippen molar-refractivity contribution in [1.82, 2.24) is 29.6 Å². The smallest absolute Gasteiger partial charge is 0.260 e. The minimum atomic E-state index is -0.723. The zero-order chi connectivity index (χ0) is 36.3. The number of imide groups is 1. The van der Waals surface area contributed by atoms with E-state index < -0.39 is 11.9 Å². The van der Waals surface area contributed by atoms with Crippen molar-refractivity contribution in [2.45, 2.75) is 32.0 Å². The molecule has 268 valence electrons. The van der Waals surface area contributed by atoms with Gasteiger partial charge >= 0.3 is 0 Å². The number of aryl methyl sites for hydroxylation is 1. The van der Waals surface area contributed by atoms with Crippen molar-refractivity contribution in [2.24, 2.45) is 12.5 Å². The molecule has 1 atom stereocenters. The Morgan fingerprint density at radius 1 is 0.962 bits per heavy atom. The molecule has 0 saturated carbocycles. The number of nitrogens with one attached hydrogen (secondary N) is 1. The van der Waals surface area contributed by atoms with E-state index in [4.69, 9.17) is 14.2 Å². The summed E-state index contributed by atoms with van der Waals surface area (Å²) in [7, 11) is 4.99. The third kappa shape index (κ3) is 5.63. The van der Waals surface area contributed by atoms with Gasteiger partial charge in [-0.15, -0.1) is 0 Å². The predicted octanol–water partition coefficient (Wildman–Crippen LogP) is 2.10. The molecule has 52 heavy (non-hydrogen) atoms. The number of pyridine rings is 2. The summed E-state index contributed by atoms with van der Waals surface area (Å²) in [6, 6.07) is 10.2. The Morgan fingerprint density at radius 3 is 2.42 bits per heavy atom. The molecule has 2 aromatic heterocycles. The number of hydrogen-bond acceptors (Lipinski definition) is 10. The van der Waals surface area contributed by atoms with Crippen LogP contribution in [0.2, 0.25) is 0 Å². The van der Waals surface area contributed by atoms with Crippen LogP contribution in [-0.2, 0) is 34.5 Å². The molecule has 4 aromatic rings. The Kier molecular flexibility index (Phi) is 8.20. The van der Waals surface area contributed by atoms with E-state index in [1.54, 1.807) is 61.3 Å². The molecule has 1 N–H and O–H groups in total. The first-order valence-corrected chi connectivity index (χ1v) is 17.2. The molecule has 3 fully saturated rings. The third-order valence-electron chi connectivity index (χ3n) is 10.7. The molecule has 0 radical (unpaired) electrons. The van der Waals surface area contributed by atoms with Gasteiger partial charge in [-0.1, -0.05) is 6.07 Å². The number of aromatic nitrogens is 2. The molecule has 4 aliphatic rings. The third-order valence-corrected chi connectivity index (χ3v) is 10.7. The molecule has 14 heteroatoms. The van der Waals surface area contributed by atoms with Gasteiger partial charge in [0.25, 0.3) is 17.4 Å². The molecule has 1 unspecified atom stereocenters.